The second kappa shape index (κ2) is 4.30. The summed E-state index contributed by atoms with van der Waals surface area (Å²) >= 11 is 0. The van der Waals surface area contributed by atoms with Crippen LogP contribution in [-0.2, 0) is 4.74 Å². The Hall–Kier alpha value is -0.0800. The van der Waals surface area contributed by atoms with Crippen LogP contribution < -0.4 is 5.32 Å². The Bertz CT molecular complexity index is 251. The van der Waals surface area contributed by atoms with Crippen LogP contribution in [0.5, 0.6) is 0 Å². The van der Waals surface area contributed by atoms with Crippen LogP contribution in [0.15, 0.2) is 0 Å². The number of hydrogen-bond acceptors (Lipinski definition) is 2. The van der Waals surface area contributed by atoms with E-state index in [9.17, 15) is 0 Å². The van der Waals surface area contributed by atoms with Crippen molar-refractivity contribution in [3.63, 3.8) is 0 Å². The van der Waals surface area contributed by atoms with E-state index in [1.807, 2.05) is 7.05 Å². The predicted molar refractivity (Wildman–Crippen MR) is 67.5 cm³/mol. The molecule has 16 heavy (non-hydrogen) atoms. The van der Waals surface area contributed by atoms with Crippen molar-refractivity contribution in [3.05, 3.63) is 0 Å². The van der Waals surface area contributed by atoms with Crippen molar-refractivity contribution in [2.75, 3.05) is 20.2 Å². The van der Waals surface area contributed by atoms with E-state index in [-0.39, 0.29) is 0 Å². The Morgan fingerprint density at radius 3 is 2.56 bits per heavy atom. The van der Waals surface area contributed by atoms with E-state index in [0.29, 0.717) is 16.9 Å². The average molecular weight is 225 g/mol. The van der Waals surface area contributed by atoms with Crippen molar-refractivity contribution >= 4 is 0 Å². The normalized spacial score (nSPS) is 40.5. The van der Waals surface area contributed by atoms with Crippen LogP contribution >= 0.6 is 0 Å². The highest BCUT2D eigenvalue weighted by Crippen LogP contribution is 2.66. The fourth-order valence-electron chi connectivity index (χ4n) is 3.86. The lowest BCUT2D eigenvalue weighted by molar-refractivity contribution is -0.0468. The van der Waals surface area contributed by atoms with E-state index in [1.54, 1.807) is 0 Å². The third-order valence-electron chi connectivity index (χ3n) is 5.60. The third-order valence-corrected chi connectivity index (χ3v) is 5.60. The van der Waals surface area contributed by atoms with Crippen LogP contribution in [-0.4, -0.2) is 26.3 Å². The largest absolute Gasteiger partial charge is 0.378 e. The van der Waals surface area contributed by atoms with Gasteiger partial charge in [0.15, 0.2) is 0 Å². The molecule has 0 amide bonds. The zero-order valence-electron chi connectivity index (χ0n) is 11.3. The third kappa shape index (κ3) is 1.70. The van der Waals surface area contributed by atoms with Crippen LogP contribution in [0.2, 0.25) is 0 Å². The van der Waals surface area contributed by atoms with Crippen LogP contribution in [0.1, 0.15) is 46.5 Å². The second-order valence-corrected chi connectivity index (χ2v) is 6.43. The molecular formula is C14H27NO. The Kier molecular flexibility index (Phi) is 3.33. The predicted octanol–water partition coefficient (Wildman–Crippen LogP) is 2.83. The van der Waals surface area contributed by atoms with Gasteiger partial charge in [0.25, 0.3) is 0 Å². The van der Waals surface area contributed by atoms with Gasteiger partial charge in [-0.1, -0.05) is 20.8 Å². The smallest absolute Gasteiger partial charge is 0.0636 e. The molecule has 3 atom stereocenters. The molecule has 1 N–H and O–H groups in total. The van der Waals surface area contributed by atoms with E-state index in [4.69, 9.17) is 4.74 Å². The van der Waals surface area contributed by atoms with Gasteiger partial charge in [-0.05, 0) is 56.0 Å². The molecule has 2 bridgehead atoms. The maximum atomic E-state index is 6.14. The number of hydrogen-bond donors (Lipinski definition) is 1. The van der Waals surface area contributed by atoms with Crippen molar-refractivity contribution in [2.45, 2.75) is 52.6 Å². The molecule has 2 saturated carbocycles. The topological polar surface area (TPSA) is 21.3 Å². The zero-order chi connectivity index (χ0) is 11.8. The summed E-state index contributed by atoms with van der Waals surface area (Å²) in [6.45, 7) is 9.33. The molecule has 0 aromatic rings. The molecule has 0 spiro atoms. The van der Waals surface area contributed by atoms with Gasteiger partial charge in [-0.3, -0.25) is 0 Å². The standard InChI is InChI=1S/C14H27NO/c1-13(2)11-6-7-14(13,3)12(10-11)16-9-5-8-15-4/h11-12,15H,5-10H2,1-4H3. The van der Waals surface area contributed by atoms with Gasteiger partial charge in [0.2, 0.25) is 0 Å². The summed E-state index contributed by atoms with van der Waals surface area (Å²) in [5.74, 6) is 0.895. The molecule has 0 aliphatic heterocycles. The molecule has 0 saturated heterocycles. The van der Waals surface area contributed by atoms with Crippen molar-refractivity contribution in [2.24, 2.45) is 16.7 Å². The summed E-state index contributed by atoms with van der Waals surface area (Å²) in [6.07, 6.45) is 5.72. The first-order valence-corrected chi connectivity index (χ1v) is 6.78. The minimum absolute atomic E-state index is 0.428. The molecular weight excluding hydrogens is 198 g/mol. The van der Waals surface area contributed by atoms with Gasteiger partial charge in [0.1, 0.15) is 0 Å². The van der Waals surface area contributed by atoms with Crippen LogP contribution in [0.25, 0.3) is 0 Å². The van der Waals surface area contributed by atoms with Gasteiger partial charge in [0.05, 0.1) is 6.10 Å². The summed E-state index contributed by atoms with van der Waals surface area (Å²) in [4.78, 5) is 0. The lowest BCUT2D eigenvalue weighted by atomic mass is 9.70. The fourth-order valence-corrected chi connectivity index (χ4v) is 3.86. The quantitative estimate of drug-likeness (QED) is 0.726. The van der Waals surface area contributed by atoms with Crippen LogP contribution in [0.3, 0.4) is 0 Å². The van der Waals surface area contributed by atoms with Gasteiger partial charge >= 0.3 is 0 Å². The van der Waals surface area contributed by atoms with Crippen molar-refractivity contribution < 1.29 is 4.74 Å². The zero-order valence-corrected chi connectivity index (χ0v) is 11.3. The number of rotatable bonds is 5. The van der Waals surface area contributed by atoms with E-state index in [0.717, 1.165) is 25.5 Å². The van der Waals surface area contributed by atoms with Gasteiger partial charge in [0, 0.05) is 6.61 Å². The van der Waals surface area contributed by atoms with E-state index >= 15 is 0 Å². The Labute approximate surface area is 100 Å². The fraction of sp³-hybridized carbons (Fsp3) is 1.00. The van der Waals surface area contributed by atoms with Gasteiger partial charge < -0.3 is 10.1 Å². The Balaban J connectivity index is 1.89. The number of fused-ring (bicyclic) bond motifs is 2. The number of ether oxygens (including phenoxy) is 1. The molecule has 0 heterocycles. The molecule has 2 nitrogen and oxygen atoms in total. The summed E-state index contributed by atoms with van der Waals surface area (Å²) in [7, 11) is 2.00. The lowest BCUT2D eigenvalue weighted by Crippen LogP contribution is -2.37. The van der Waals surface area contributed by atoms with Gasteiger partial charge in [-0.25, -0.2) is 0 Å². The summed E-state index contributed by atoms with van der Waals surface area (Å²) in [6, 6.07) is 0. The second-order valence-electron chi connectivity index (χ2n) is 6.43. The first-order chi connectivity index (χ1) is 7.52. The molecule has 2 aliphatic carbocycles. The highest BCUT2D eigenvalue weighted by molar-refractivity contribution is 5.11. The molecule has 2 heteroatoms. The van der Waals surface area contributed by atoms with Gasteiger partial charge in [-0.15, -0.1) is 0 Å². The molecule has 0 aromatic heterocycles. The summed E-state index contributed by atoms with van der Waals surface area (Å²) in [5.41, 5.74) is 0.915. The first-order valence-electron chi connectivity index (χ1n) is 6.78. The Morgan fingerprint density at radius 1 is 1.31 bits per heavy atom. The monoisotopic (exact) mass is 225 g/mol. The summed E-state index contributed by atoms with van der Waals surface area (Å²) in [5, 5.41) is 3.17. The van der Waals surface area contributed by atoms with Crippen LogP contribution in [0, 0.1) is 16.7 Å². The minimum Gasteiger partial charge on any atom is -0.378 e. The molecule has 2 rings (SSSR count). The number of nitrogens with one attached hydrogen (secondary N) is 1. The lowest BCUT2D eigenvalue weighted by Gasteiger charge is -2.38. The van der Waals surface area contributed by atoms with E-state index < -0.39 is 0 Å². The summed E-state index contributed by atoms with van der Waals surface area (Å²) < 4.78 is 6.14. The molecule has 2 fully saturated rings. The van der Waals surface area contributed by atoms with Crippen molar-refractivity contribution in [3.8, 4) is 0 Å². The highest BCUT2D eigenvalue weighted by atomic mass is 16.5. The SMILES string of the molecule is CNCCCOC1CC2CCC1(C)C2(C)C. The van der Waals surface area contributed by atoms with E-state index in [2.05, 4.69) is 26.1 Å². The maximum Gasteiger partial charge on any atom is 0.0636 e. The Morgan fingerprint density at radius 2 is 2.06 bits per heavy atom. The van der Waals surface area contributed by atoms with Gasteiger partial charge in [-0.2, -0.15) is 0 Å². The maximum absolute atomic E-state index is 6.14. The average Bonchev–Trinajstić information content (AvgIpc) is 2.57. The van der Waals surface area contributed by atoms with Crippen molar-refractivity contribution in [1.29, 1.82) is 0 Å². The molecule has 2 aliphatic rings. The minimum atomic E-state index is 0.428. The molecule has 3 unspecified atom stereocenters. The van der Waals surface area contributed by atoms with Crippen LogP contribution in [0.4, 0.5) is 0 Å². The molecule has 0 radical (unpaired) electrons. The first kappa shape index (κ1) is 12.4. The molecule has 0 aromatic carbocycles. The van der Waals surface area contributed by atoms with E-state index in [1.165, 1.54) is 19.3 Å². The highest BCUT2D eigenvalue weighted by Gasteiger charge is 2.61. The molecule has 94 valence electrons. The van der Waals surface area contributed by atoms with Crippen molar-refractivity contribution in [1.82, 2.24) is 5.32 Å².